The zero-order valence-electron chi connectivity index (χ0n) is 6.50. The number of carboxylic acid groups (broad SMARTS) is 1. The zero-order chi connectivity index (χ0) is 9.56. The van der Waals surface area contributed by atoms with Crippen molar-refractivity contribution in [3.8, 4) is 0 Å². The van der Waals surface area contributed by atoms with Gasteiger partial charge in [0, 0.05) is 19.5 Å². The molecular weight excluding hydrogens is 186 g/mol. The summed E-state index contributed by atoms with van der Waals surface area (Å²) in [6, 6.07) is -0.543. The molecule has 0 saturated heterocycles. The first-order valence-corrected chi connectivity index (χ1v) is 3.67. The molecule has 0 unspecified atom stereocenters. The normalized spacial score (nSPS) is 8.83. The van der Waals surface area contributed by atoms with Crippen LogP contribution in [0.25, 0.3) is 0 Å². The Morgan fingerprint density at radius 3 is 2.50 bits per heavy atom. The van der Waals surface area contributed by atoms with E-state index >= 15 is 0 Å². The number of nitrogens with one attached hydrogen (secondary N) is 2. The van der Waals surface area contributed by atoms with Crippen molar-refractivity contribution in [2.24, 2.45) is 0 Å². The lowest BCUT2D eigenvalue weighted by Gasteiger charge is -2.15. The van der Waals surface area contributed by atoms with Crippen molar-refractivity contribution in [1.29, 1.82) is 0 Å². The van der Waals surface area contributed by atoms with Crippen LogP contribution in [0.3, 0.4) is 0 Å². The number of carbonyl (C=O) groups excluding carboxylic acids is 1. The van der Waals surface area contributed by atoms with Crippen molar-refractivity contribution < 1.29 is 14.7 Å². The molecule has 7 heteroatoms. The van der Waals surface area contributed by atoms with Crippen molar-refractivity contribution in [1.82, 2.24) is 15.8 Å². The molecule has 70 valence electrons. The summed E-state index contributed by atoms with van der Waals surface area (Å²) in [4.78, 5) is 22.0. The summed E-state index contributed by atoms with van der Waals surface area (Å²) in [5.41, 5.74) is 3.66. The zero-order valence-corrected chi connectivity index (χ0v) is 7.26. The summed E-state index contributed by atoms with van der Waals surface area (Å²) >= 11 is 5.34. The molecule has 0 radical (unpaired) electrons. The Labute approximate surface area is 74.4 Å². The molecule has 0 aromatic rings. The van der Waals surface area contributed by atoms with E-state index < -0.39 is 12.1 Å². The average molecular weight is 196 g/mol. The number of hydrogen-bond acceptors (Lipinski definition) is 2. The SMILES string of the molecule is CN(CCCl)C(=O)NNC(=O)O. The Bertz CT molecular complexity index is 175. The van der Waals surface area contributed by atoms with Gasteiger partial charge in [-0.2, -0.15) is 0 Å². The second-order valence-electron chi connectivity index (χ2n) is 1.97. The predicted molar refractivity (Wildman–Crippen MR) is 43.0 cm³/mol. The molecule has 0 atom stereocenters. The first kappa shape index (κ1) is 10.8. The lowest BCUT2D eigenvalue weighted by atomic mass is 10.6. The topological polar surface area (TPSA) is 81.7 Å². The van der Waals surface area contributed by atoms with Crippen LogP contribution in [0.1, 0.15) is 0 Å². The van der Waals surface area contributed by atoms with Crippen molar-refractivity contribution in [2.45, 2.75) is 0 Å². The Hall–Kier alpha value is -1.17. The Morgan fingerprint density at radius 2 is 2.08 bits per heavy atom. The van der Waals surface area contributed by atoms with Crippen LogP contribution in [0.2, 0.25) is 0 Å². The number of halogens is 1. The minimum absolute atomic E-state index is 0.303. The molecular formula is C5H10ClN3O3. The molecule has 3 amide bonds. The van der Waals surface area contributed by atoms with E-state index in [1.807, 2.05) is 5.43 Å². The highest BCUT2D eigenvalue weighted by molar-refractivity contribution is 6.18. The monoisotopic (exact) mass is 195 g/mol. The largest absolute Gasteiger partial charge is 0.464 e. The van der Waals surface area contributed by atoms with Crippen molar-refractivity contribution in [2.75, 3.05) is 19.5 Å². The average Bonchev–Trinajstić information content (AvgIpc) is 2.00. The van der Waals surface area contributed by atoms with Crippen LogP contribution < -0.4 is 10.9 Å². The third kappa shape index (κ3) is 4.62. The van der Waals surface area contributed by atoms with E-state index in [0.29, 0.717) is 12.4 Å². The van der Waals surface area contributed by atoms with Gasteiger partial charge in [0.2, 0.25) is 0 Å². The maximum Gasteiger partial charge on any atom is 0.423 e. The molecule has 0 aliphatic heterocycles. The molecule has 0 aromatic carbocycles. The van der Waals surface area contributed by atoms with Gasteiger partial charge in [0.25, 0.3) is 0 Å². The lowest BCUT2D eigenvalue weighted by Crippen LogP contribution is -2.47. The van der Waals surface area contributed by atoms with Gasteiger partial charge in [-0.3, -0.25) is 0 Å². The highest BCUT2D eigenvalue weighted by atomic mass is 35.5. The Morgan fingerprint density at radius 1 is 1.50 bits per heavy atom. The van der Waals surface area contributed by atoms with E-state index in [0.717, 1.165) is 0 Å². The van der Waals surface area contributed by atoms with Crippen LogP contribution >= 0.6 is 11.6 Å². The van der Waals surface area contributed by atoms with Gasteiger partial charge in [-0.05, 0) is 0 Å². The van der Waals surface area contributed by atoms with E-state index in [4.69, 9.17) is 16.7 Å². The van der Waals surface area contributed by atoms with E-state index in [1.54, 1.807) is 5.43 Å². The fraction of sp³-hybridized carbons (Fsp3) is 0.600. The number of hydrazine groups is 1. The van der Waals surface area contributed by atoms with Crippen molar-refractivity contribution in [3.05, 3.63) is 0 Å². The third-order valence-electron chi connectivity index (χ3n) is 1.04. The number of urea groups is 1. The molecule has 0 aliphatic carbocycles. The smallest absolute Gasteiger partial charge is 0.423 e. The molecule has 0 spiro atoms. The van der Waals surface area contributed by atoms with Crippen LogP contribution in [0, 0.1) is 0 Å². The van der Waals surface area contributed by atoms with Gasteiger partial charge in [-0.15, -0.1) is 11.6 Å². The number of amides is 3. The van der Waals surface area contributed by atoms with Gasteiger partial charge in [-0.1, -0.05) is 0 Å². The summed E-state index contributed by atoms with van der Waals surface area (Å²) in [5, 5.41) is 8.10. The molecule has 0 bridgehead atoms. The van der Waals surface area contributed by atoms with Crippen LogP contribution in [0.5, 0.6) is 0 Å². The summed E-state index contributed by atoms with van der Waals surface area (Å²) in [7, 11) is 1.50. The number of hydrogen-bond donors (Lipinski definition) is 3. The molecule has 0 rings (SSSR count). The molecule has 0 aromatic heterocycles. The first-order chi connectivity index (χ1) is 5.57. The number of rotatable bonds is 2. The molecule has 0 aliphatic rings. The van der Waals surface area contributed by atoms with Crippen molar-refractivity contribution in [3.63, 3.8) is 0 Å². The minimum atomic E-state index is -1.32. The quantitative estimate of drug-likeness (QED) is 0.430. The van der Waals surface area contributed by atoms with Gasteiger partial charge in [0.1, 0.15) is 0 Å². The standard InChI is InChI=1S/C5H10ClN3O3/c1-9(3-2-6)4(10)7-8-5(11)12/h8H,2-3H2,1H3,(H,7,10)(H,11,12). The molecule has 0 fully saturated rings. The maximum absolute atomic E-state index is 10.9. The van der Waals surface area contributed by atoms with Gasteiger partial charge in [0.15, 0.2) is 0 Å². The fourth-order valence-corrected chi connectivity index (χ4v) is 0.684. The lowest BCUT2D eigenvalue weighted by molar-refractivity contribution is 0.180. The first-order valence-electron chi connectivity index (χ1n) is 3.14. The third-order valence-corrected chi connectivity index (χ3v) is 1.21. The van der Waals surface area contributed by atoms with Crippen LogP contribution in [-0.4, -0.2) is 41.6 Å². The second-order valence-corrected chi connectivity index (χ2v) is 2.35. The summed E-state index contributed by atoms with van der Waals surface area (Å²) in [5.74, 6) is 0.303. The van der Waals surface area contributed by atoms with Crippen LogP contribution in [-0.2, 0) is 0 Å². The van der Waals surface area contributed by atoms with E-state index in [9.17, 15) is 9.59 Å². The highest BCUT2D eigenvalue weighted by Gasteiger charge is 2.06. The maximum atomic E-state index is 10.9. The van der Waals surface area contributed by atoms with Gasteiger partial charge in [-0.25, -0.2) is 20.4 Å². The summed E-state index contributed by atoms with van der Waals surface area (Å²) in [6.45, 7) is 0.356. The summed E-state index contributed by atoms with van der Waals surface area (Å²) < 4.78 is 0. The van der Waals surface area contributed by atoms with E-state index in [1.165, 1.54) is 11.9 Å². The van der Waals surface area contributed by atoms with Gasteiger partial charge >= 0.3 is 12.1 Å². The number of alkyl halides is 1. The predicted octanol–water partition coefficient (Wildman–Crippen LogP) is 0.0492. The molecule has 0 saturated carbocycles. The van der Waals surface area contributed by atoms with E-state index in [2.05, 4.69) is 0 Å². The molecule has 6 nitrogen and oxygen atoms in total. The summed E-state index contributed by atoms with van der Waals surface area (Å²) in [6.07, 6.45) is -1.32. The van der Waals surface area contributed by atoms with Gasteiger partial charge in [0.05, 0.1) is 0 Å². The molecule has 3 N–H and O–H groups in total. The van der Waals surface area contributed by atoms with E-state index in [-0.39, 0.29) is 0 Å². The minimum Gasteiger partial charge on any atom is -0.464 e. The number of carbonyl (C=O) groups is 2. The molecule has 0 heterocycles. The van der Waals surface area contributed by atoms with Gasteiger partial charge < -0.3 is 10.0 Å². The fourth-order valence-electron chi connectivity index (χ4n) is 0.431. The highest BCUT2D eigenvalue weighted by Crippen LogP contribution is 1.84. The Kier molecular flexibility index (Phi) is 4.94. The van der Waals surface area contributed by atoms with Crippen LogP contribution in [0.15, 0.2) is 0 Å². The second kappa shape index (κ2) is 5.48. The van der Waals surface area contributed by atoms with Crippen LogP contribution in [0.4, 0.5) is 9.59 Å². The molecule has 12 heavy (non-hydrogen) atoms. The van der Waals surface area contributed by atoms with Crippen molar-refractivity contribution >= 4 is 23.7 Å². The Balaban J connectivity index is 3.64. The number of nitrogens with zero attached hydrogens (tertiary/aromatic N) is 1.